The van der Waals surface area contributed by atoms with Gasteiger partial charge in [-0.15, -0.1) is 0 Å². The number of rotatable bonds is 4. The maximum absolute atomic E-state index is 11.6. The lowest BCUT2D eigenvalue weighted by Crippen LogP contribution is -2.30. The quantitative estimate of drug-likeness (QED) is 0.817. The summed E-state index contributed by atoms with van der Waals surface area (Å²) >= 11 is 1.44. The van der Waals surface area contributed by atoms with Gasteiger partial charge in [-0.05, 0) is 26.0 Å². The molecule has 1 unspecified atom stereocenters. The smallest absolute Gasteiger partial charge is 0.233 e. The van der Waals surface area contributed by atoms with E-state index in [9.17, 15) is 4.79 Å². The Morgan fingerprint density at radius 2 is 2.29 bits per heavy atom. The first kappa shape index (κ1) is 12.0. The van der Waals surface area contributed by atoms with Crippen LogP contribution in [0.3, 0.4) is 0 Å². The SMILES string of the molecule is CCNC(=O)C(C)Sc1nc2ccccc2[nH]1. The average Bonchev–Trinajstić information content (AvgIpc) is 2.71. The molecule has 0 bridgehead atoms. The summed E-state index contributed by atoms with van der Waals surface area (Å²) in [5.74, 6) is 0.0398. The monoisotopic (exact) mass is 249 g/mol. The molecule has 1 aromatic carbocycles. The van der Waals surface area contributed by atoms with Gasteiger partial charge < -0.3 is 10.3 Å². The van der Waals surface area contributed by atoms with Crippen LogP contribution >= 0.6 is 11.8 Å². The van der Waals surface area contributed by atoms with E-state index in [1.165, 1.54) is 11.8 Å². The second-order valence-electron chi connectivity index (χ2n) is 3.71. The van der Waals surface area contributed by atoms with Crippen LogP contribution in [0.5, 0.6) is 0 Å². The normalized spacial score (nSPS) is 12.6. The van der Waals surface area contributed by atoms with Crippen LogP contribution in [0.15, 0.2) is 29.4 Å². The molecule has 0 aliphatic heterocycles. The third-order valence-electron chi connectivity index (χ3n) is 2.38. The number of fused-ring (bicyclic) bond motifs is 1. The summed E-state index contributed by atoms with van der Waals surface area (Å²) < 4.78 is 0. The van der Waals surface area contributed by atoms with Crippen molar-refractivity contribution in [2.75, 3.05) is 6.54 Å². The van der Waals surface area contributed by atoms with Gasteiger partial charge in [0, 0.05) is 6.54 Å². The third kappa shape index (κ3) is 2.79. The Balaban J connectivity index is 2.10. The summed E-state index contributed by atoms with van der Waals surface area (Å²) in [6.07, 6.45) is 0. The molecule has 0 fully saturated rings. The number of para-hydroxylation sites is 2. The summed E-state index contributed by atoms with van der Waals surface area (Å²) in [5.41, 5.74) is 1.93. The fourth-order valence-corrected chi connectivity index (χ4v) is 2.37. The van der Waals surface area contributed by atoms with Crippen molar-refractivity contribution in [2.45, 2.75) is 24.3 Å². The van der Waals surface area contributed by atoms with Gasteiger partial charge in [0.2, 0.25) is 5.91 Å². The van der Waals surface area contributed by atoms with Crippen molar-refractivity contribution in [1.82, 2.24) is 15.3 Å². The zero-order chi connectivity index (χ0) is 12.3. The Hall–Kier alpha value is -1.49. The highest BCUT2D eigenvalue weighted by Crippen LogP contribution is 2.23. The summed E-state index contributed by atoms with van der Waals surface area (Å²) in [6.45, 7) is 4.45. The molecule has 1 aromatic heterocycles. The Bertz CT molecular complexity index is 490. The van der Waals surface area contributed by atoms with Crippen LogP contribution in [0.1, 0.15) is 13.8 Å². The van der Waals surface area contributed by atoms with Crippen molar-refractivity contribution in [3.63, 3.8) is 0 Å². The van der Waals surface area contributed by atoms with Gasteiger partial charge in [-0.3, -0.25) is 4.79 Å². The van der Waals surface area contributed by atoms with E-state index >= 15 is 0 Å². The molecule has 1 atom stereocenters. The van der Waals surface area contributed by atoms with Gasteiger partial charge in [-0.2, -0.15) is 0 Å². The molecule has 0 saturated carbocycles. The number of aromatic amines is 1. The molecule has 0 aliphatic rings. The minimum absolute atomic E-state index is 0.0398. The minimum atomic E-state index is -0.143. The Morgan fingerprint density at radius 3 is 3.00 bits per heavy atom. The van der Waals surface area contributed by atoms with Gasteiger partial charge in [-0.1, -0.05) is 23.9 Å². The van der Waals surface area contributed by atoms with E-state index < -0.39 is 0 Å². The molecule has 0 aliphatic carbocycles. The van der Waals surface area contributed by atoms with E-state index in [-0.39, 0.29) is 11.2 Å². The van der Waals surface area contributed by atoms with Crippen LogP contribution < -0.4 is 5.32 Å². The highest BCUT2D eigenvalue weighted by molar-refractivity contribution is 8.00. The zero-order valence-electron chi connectivity index (χ0n) is 9.86. The maximum Gasteiger partial charge on any atom is 0.233 e. The number of aromatic nitrogens is 2. The van der Waals surface area contributed by atoms with Crippen LogP contribution in [0.4, 0.5) is 0 Å². The lowest BCUT2D eigenvalue weighted by Gasteiger charge is -2.08. The minimum Gasteiger partial charge on any atom is -0.355 e. The third-order valence-corrected chi connectivity index (χ3v) is 3.36. The number of benzene rings is 1. The van der Waals surface area contributed by atoms with Gasteiger partial charge >= 0.3 is 0 Å². The topological polar surface area (TPSA) is 57.8 Å². The molecule has 0 radical (unpaired) electrons. The molecule has 17 heavy (non-hydrogen) atoms. The largest absolute Gasteiger partial charge is 0.355 e. The fourth-order valence-electron chi connectivity index (χ4n) is 1.52. The summed E-state index contributed by atoms with van der Waals surface area (Å²) in [6, 6.07) is 7.84. The van der Waals surface area contributed by atoms with Crippen molar-refractivity contribution in [2.24, 2.45) is 0 Å². The van der Waals surface area contributed by atoms with Crippen molar-refractivity contribution >= 4 is 28.7 Å². The first-order valence-electron chi connectivity index (χ1n) is 5.60. The Labute approximate surface area is 104 Å². The van der Waals surface area contributed by atoms with Crippen molar-refractivity contribution in [3.05, 3.63) is 24.3 Å². The Kier molecular flexibility index (Phi) is 3.68. The lowest BCUT2D eigenvalue weighted by molar-refractivity contribution is -0.120. The predicted octanol–water partition coefficient (Wildman–Crippen LogP) is 2.18. The molecule has 0 spiro atoms. The van der Waals surface area contributed by atoms with Crippen LogP contribution in [-0.4, -0.2) is 27.7 Å². The maximum atomic E-state index is 11.6. The first-order chi connectivity index (χ1) is 8.20. The average molecular weight is 249 g/mol. The number of nitrogens with one attached hydrogen (secondary N) is 2. The number of H-pyrrole nitrogens is 1. The zero-order valence-corrected chi connectivity index (χ0v) is 10.7. The highest BCUT2D eigenvalue weighted by Gasteiger charge is 2.15. The molecule has 1 heterocycles. The van der Waals surface area contributed by atoms with Gasteiger partial charge in [-0.25, -0.2) is 4.98 Å². The second-order valence-corrected chi connectivity index (χ2v) is 5.04. The van der Waals surface area contributed by atoms with Crippen LogP contribution in [-0.2, 0) is 4.79 Å². The highest BCUT2D eigenvalue weighted by atomic mass is 32.2. The molecule has 2 N–H and O–H groups in total. The predicted molar refractivity (Wildman–Crippen MR) is 70.1 cm³/mol. The summed E-state index contributed by atoms with van der Waals surface area (Å²) in [4.78, 5) is 19.2. The number of amides is 1. The van der Waals surface area contributed by atoms with Crippen molar-refractivity contribution in [1.29, 1.82) is 0 Å². The fraction of sp³-hybridized carbons (Fsp3) is 0.333. The van der Waals surface area contributed by atoms with E-state index in [2.05, 4.69) is 15.3 Å². The van der Waals surface area contributed by atoms with E-state index in [1.54, 1.807) is 0 Å². The first-order valence-corrected chi connectivity index (χ1v) is 6.47. The number of imidazole rings is 1. The van der Waals surface area contributed by atoms with Gasteiger partial charge in [0.25, 0.3) is 0 Å². The van der Waals surface area contributed by atoms with Gasteiger partial charge in [0.05, 0.1) is 16.3 Å². The molecule has 4 nitrogen and oxygen atoms in total. The van der Waals surface area contributed by atoms with Crippen molar-refractivity contribution < 1.29 is 4.79 Å². The van der Waals surface area contributed by atoms with E-state index in [0.717, 1.165) is 16.2 Å². The molecule has 90 valence electrons. The van der Waals surface area contributed by atoms with Crippen LogP contribution in [0.2, 0.25) is 0 Å². The number of carbonyl (C=O) groups is 1. The van der Waals surface area contributed by atoms with Gasteiger partial charge in [0.1, 0.15) is 0 Å². The molecular formula is C12H15N3OS. The van der Waals surface area contributed by atoms with Gasteiger partial charge in [0.15, 0.2) is 5.16 Å². The van der Waals surface area contributed by atoms with Crippen molar-refractivity contribution in [3.8, 4) is 0 Å². The molecule has 0 saturated heterocycles. The van der Waals surface area contributed by atoms with E-state index in [0.29, 0.717) is 6.54 Å². The molecule has 2 rings (SSSR count). The van der Waals surface area contributed by atoms with E-state index in [1.807, 2.05) is 38.1 Å². The molecular weight excluding hydrogens is 234 g/mol. The molecule has 1 amide bonds. The van der Waals surface area contributed by atoms with E-state index in [4.69, 9.17) is 0 Å². The molecule has 5 heteroatoms. The lowest BCUT2D eigenvalue weighted by atomic mass is 10.3. The number of thioether (sulfide) groups is 1. The number of carbonyl (C=O) groups excluding carboxylic acids is 1. The van der Waals surface area contributed by atoms with Crippen LogP contribution in [0, 0.1) is 0 Å². The summed E-state index contributed by atoms with van der Waals surface area (Å²) in [5, 5.41) is 3.44. The number of hydrogen-bond acceptors (Lipinski definition) is 3. The van der Waals surface area contributed by atoms with Crippen LogP contribution in [0.25, 0.3) is 11.0 Å². The second kappa shape index (κ2) is 5.23. The standard InChI is InChI=1S/C12H15N3OS/c1-3-13-11(16)8(2)17-12-14-9-6-4-5-7-10(9)15-12/h4-8H,3H2,1-2H3,(H,13,16)(H,14,15). The Morgan fingerprint density at radius 1 is 1.53 bits per heavy atom. The summed E-state index contributed by atoms with van der Waals surface area (Å²) in [7, 11) is 0. The number of hydrogen-bond donors (Lipinski definition) is 2. The molecule has 2 aromatic rings. The number of nitrogens with zero attached hydrogens (tertiary/aromatic N) is 1.